The molecule has 1 nitrogen and oxygen atoms in total. The van der Waals surface area contributed by atoms with Crippen LogP contribution in [0.3, 0.4) is 0 Å². The summed E-state index contributed by atoms with van der Waals surface area (Å²) < 4.78 is 2.35. The molecule has 214 valence electrons. The average Bonchev–Trinajstić information content (AvgIpc) is 2.76. The summed E-state index contributed by atoms with van der Waals surface area (Å²) in [5.41, 5.74) is 7.18. The van der Waals surface area contributed by atoms with Crippen LogP contribution in [0.1, 0.15) is 99.8 Å². The lowest BCUT2D eigenvalue weighted by Crippen LogP contribution is -2.50. The van der Waals surface area contributed by atoms with Gasteiger partial charge in [-0.25, -0.2) is 4.57 Å². The smallest absolute Gasteiger partial charge is 0.200 e. The van der Waals surface area contributed by atoms with Crippen LogP contribution in [0.5, 0.6) is 0 Å². The first-order valence-corrected chi connectivity index (χ1v) is 18.1. The molecule has 0 bridgehead atoms. The molecule has 0 fully saturated rings. The molecule has 0 N–H and O–H groups in total. The van der Waals surface area contributed by atoms with Gasteiger partial charge in [0.2, 0.25) is 5.69 Å². The van der Waals surface area contributed by atoms with Gasteiger partial charge in [0.1, 0.15) is 7.05 Å². The van der Waals surface area contributed by atoms with Gasteiger partial charge in [0.05, 0.1) is 19.0 Å². The molecule has 0 saturated heterocycles. The van der Waals surface area contributed by atoms with E-state index in [-0.39, 0.29) is 10.8 Å². The van der Waals surface area contributed by atoms with Crippen molar-refractivity contribution in [1.82, 2.24) is 0 Å². The summed E-state index contributed by atoms with van der Waals surface area (Å²) >= 11 is 0. The second-order valence-electron chi connectivity index (χ2n) is 15.8. The normalized spacial score (nSPS) is 13.4. The predicted octanol–water partition coefficient (Wildman–Crippen LogP) is 9.86. The number of hydrogen-bond donors (Lipinski definition) is 0. The van der Waals surface area contributed by atoms with Crippen molar-refractivity contribution >= 4 is 24.0 Å². The first-order valence-electron chi connectivity index (χ1n) is 15.4. The van der Waals surface area contributed by atoms with Crippen LogP contribution in [0.15, 0.2) is 42.6 Å². The van der Waals surface area contributed by atoms with Gasteiger partial charge in [-0.15, -0.1) is 0 Å². The fraction of sp³-hybridized carbons (Fsp3) is 0.595. The topological polar surface area (TPSA) is 3.88 Å². The van der Waals surface area contributed by atoms with Gasteiger partial charge in [0.15, 0.2) is 6.20 Å². The maximum absolute atomic E-state index is 2.60. The summed E-state index contributed by atoms with van der Waals surface area (Å²) in [5, 5.41) is 4.44. The predicted molar refractivity (Wildman–Crippen MR) is 177 cm³/mol. The SMILES string of the molecule is Cc1c(-c2c3ccc([Si](CC(C)C)(CC(C)C)CC(C)C)cc3cc[n+]2C)cc(C(C)(C)C)cc1C(C)(C)C. The molecule has 0 aliphatic rings. The minimum Gasteiger partial charge on any atom is -0.200 e. The summed E-state index contributed by atoms with van der Waals surface area (Å²) in [6.45, 7) is 31.0. The molecule has 0 atom stereocenters. The van der Waals surface area contributed by atoms with Gasteiger partial charge in [-0.3, -0.25) is 0 Å². The van der Waals surface area contributed by atoms with E-state index in [1.165, 1.54) is 56.9 Å². The number of aromatic nitrogens is 1. The summed E-state index contributed by atoms with van der Waals surface area (Å²) in [7, 11) is 0.547. The minimum atomic E-state index is -1.67. The Bertz CT molecular complexity index is 1270. The van der Waals surface area contributed by atoms with Crippen LogP contribution in [0, 0.1) is 24.7 Å². The molecular formula is C37H58NSi+. The molecule has 0 unspecified atom stereocenters. The lowest BCUT2D eigenvalue weighted by Gasteiger charge is -2.37. The molecule has 0 spiro atoms. The zero-order chi connectivity index (χ0) is 29.5. The molecule has 39 heavy (non-hydrogen) atoms. The van der Waals surface area contributed by atoms with E-state index >= 15 is 0 Å². The number of fused-ring (bicyclic) bond motifs is 1. The Balaban J connectivity index is 2.35. The van der Waals surface area contributed by atoms with Gasteiger partial charge in [0.25, 0.3) is 0 Å². The van der Waals surface area contributed by atoms with Crippen LogP contribution in [0.4, 0.5) is 0 Å². The first-order chi connectivity index (χ1) is 17.9. The van der Waals surface area contributed by atoms with Crippen LogP contribution in [-0.2, 0) is 17.9 Å². The maximum Gasteiger partial charge on any atom is 0.220 e. The number of nitrogens with zero attached hydrogens (tertiary/aromatic N) is 1. The van der Waals surface area contributed by atoms with E-state index < -0.39 is 8.07 Å². The molecule has 3 rings (SSSR count). The van der Waals surface area contributed by atoms with Crippen LogP contribution < -0.4 is 9.75 Å². The Labute approximate surface area is 242 Å². The van der Waals surface area contributed by atoms with E-state index in [9.17, 15) is 0 Å². The number of hydrogen-bond acceptors (Lipinski definition) is 0. The molecule has 2 heteroatoms. The lowest BCUT2D eigenvalue weighted by atomic mass is 9.76. The van der Waals surface area contributed by atoms with Crippen molar-refractivity contribution in [2.24, 2.45) is 24.8 Å². The third-order valence-electron chi connectivity index (χ3n) is 8.48. The second-order valence-corrected chi connectivity index (χ2v) is 20.2. The van der Waals surface area contributed by atoms with Crippen molar-refractivity contribution in [2.75, 3.05) is 0 Å². The van der Waals surface area contributed by atoms with E-state index in [0.29, 0.717) is 0 Å². The van der Waals surface area contributed by atoms with Gasteiger partial charge in [-0.1, -0.05) is 125 Å². The highest BCUT2D eigenvalue weighted by Gasteiger charge is 2.37. The molecule has 0 radical (unpaired) electrons. The molecule has 0 saturated carbocycles. The summed E-state index contributed by atoms with van der Waals surface area (Å²) in [5.74, 6) is 2.19. The Morgan fingerprint density at radius 1 is 0.718 bits per heavy atom. The number of aryl methyl sites for hydroxylation is 1. The molecule has 0 amide bonds. The second kappa shape index (κ2) is 11.5. The monoisotopic (exact) mass is 544 g/mol. The van der Waals surface area contributed by atoms with Crippen LogP contribution in [-0.4, -0.2) is 8.07 Å². The number of rotatable bonds is 8. The van der Waals surface area contributed by atoms with Crippen molar-refractivity contribution in [2.45, 2.75) is 119 Å². The molecular weight excluding hydrogens is 487 g/mol. The van der Waals surface area contributed by atoms with E-state index in [2.05, 4.69) is 144 Å². The fourth-order valence-electron chi connectivity index (χ4n) is 7.16. The maximum atomic E-state index is 2.60. The third kappa shape index (κ3) is 7.05. The molecule has 3 aromatic rings. The van der Waals surface area contributed by atoms with E-state index in [1.54, 1.807) is 5.19 Å². The Morgan fingerprint density at radius 3 is 1.72 bits per heavy atom. The third-order valence-corrected chi connectivity index (χ3v) is 14.8. The van der Waals surface area contributed by atoms with Crippen molar-refractivity contribution in [3.8, 4) is 11.3 Å². The molecule has 0 aliphatic heterocycles. The molecule has 1 heterocycles. The molecule has 0 aliphatic carbocycles. The zero-order valence-electron chi connectivity index (χ0n) is 27.8. The summed E-state index contributed by atoms with van der Waals surface area (Å²) in [6, 6.07) is 19.1. The van der Waals surface area contributed by atoms with Crippen molar-refractivity contribution in [3.63, 3.8) is 0 Å². The number of benzene rings is 2. The van der Waals surface area contributed by atoms with Crippen molar-refractivity contribution in [1.29, 1.82) is 0 Å². The average molecular weight is 545 g/mol. The van der Waals surface area contributed by atoms with E-state index in [4.69, 9.17) is 0 Å². The quantitative estimate of drug-likeness (QED) is 0.196. The summed E-state index contributed by atoms with van der Waals surface area (Å²) in [4.78, 5) is 0. The minimum absolute atomic E-state index is 0.0894. The first kappa shape index (κ1) is 31.6. The lowest BCUT2D eigenvalue weighted by molar-refractivity contribution is -0.659. The highest BCUT2D eigenvalue weighted by Crippen LogP contribution is 2.39. The van der Waals surface area contributed by atoms with E-state index in [1.807, 2.05) is 0 Å². The van der Waals surface area contributed by atoms with E-state index in [0.717, 1.165) is 17.8 Å². The van der Waals surface area contributed by atoms with Gasteiger partial charge in [-0.2, -0.15) is 0 Å². The molecule has 1 aromatic heterocycles. The van der Waals surface area contributed by atoms with Crippen LogP contribution >= 0.6 is 0 Å². The van der Waals surface area contributed by atoms with Gasteiger partial charge >= 0.3 is 0 Å². The van der Waals surface area contributed by atoms with Gasteiger partial charge in [-0.05, 0) is 69.7 Å². The van der Waals surface area contributed by atoms with Crippen molar-refractivity contribution in [3.05, 3.63) is 59.3 Å². The Hall–Kier alpha value is -1.93. The zero-order valence-corrected chi connectivity index (χ0v) is 28.8. The van der Waals surface area contributed by atoms with Gasteiger partial charge in [0, 0.05) is 6.07 Å². The van der Waals surface area contributed by atoms with Crippen molar-refractivity contribution < 1.29 is 4.57 Å². The molecule has 2 aromatic carbocycles. The highest BCUT2D eigenvalue weighted by molar-refractivity contribution is 6.92. The Kier molecular flexibility index (Phi) is 9.33. The summed E-state index contributed by atoms with van der Waals surface area (Å²) in [6.07, 6.45) is 2.29. The van der Waals surface area contributed by atoms with Crippen LogP contribution in [0.25, 0.3) is 22.0 Å². The highest BCUT2D eigenvalue weighted by atomic mass is 28.3. The standard InChI is InChI=1S/C37H58NSi/c1-25(2)22-39(23-26(3)4,24-27(5)6)31-15-16-32-29(19-31)17-18-38(14)35(32)33-20-30(36(8,9)10)21-34(28(33)7)37(11,12)13/h15-21,25-27H,22-24H2,1-14H3/q+1. The number of pyridine rings is 1. The fourth-order valence-corrected chi connectivity index (χ4v) is 14.0. The van der Waals surface area contributed by atoms with Gasteiger partial charge < -0.3 is 0 Å². The van der Waals surface area contributed by atoms with Crippen LogP contribution in [0.2, 0.25) is 18.1 Å². The largest absolute Gasteiger partial charge is 0.220 e. The Morgan fingerprint density at radius 2 is 1.26 bits per heavy atom.